The molecule has 0 atom stereocenters. The molecule has 2 aliphatic carbocycles. The summed E-state index contributed by atoms with van der Waals surface area (Å²) in [5.41, 5.74) is 9.53. The standard InChI is InChI=1S/C18H22N4O/c19-17-10-16(21-22-17)14-8-15(9-14)20-18(23)7-11-5-12-3-1-2-4-13(12)6-11/h1-4,10-11,14-15H,5-9H2,(H,20,23)(H3,19,21,22). The Kier molecular flexibility index (Phi) is 3.56. The van der Waals surface area contributed by atoms with Gasteiger partial charge in [-0.05, 0) is 42.7 Å². The van der Waals surface area contributed by atoms with Crippen molar-refractivity contribution >= 4 is 11.7 Å². The van der Waals surface area contributed by atoms with Crippen LogP contribution in [0.4, 0.5) is 5.82 Å². The van der Waals surface area contributed by atoms with Gasteiger partial charge in [0.25, 0.3) is 0 Å². The van der Waals surface area contributed by atoms with E-state index in [4.69, 9.17) is 5.73 Å². The summed E-state index contributed by atoms with van der Waals surface area (Å²) in [6.45, 7) is 0. The minimum absolute atomic E-state index is 0.190. The van der Waals surface area contributed by atoms with Gasteiger partial charge in [-0.1, -0.05) is 24.3 Å². The van der Waals surface area contributed by atoms with Crippen LogP contribution >= 0.6 is 0 Å². The van der Waals surface area contributed by atoms with Gasteiger partial charge in [0.05, 0.1) is 0 Å². The van der Waals surface area contributed by atoms with E-state index >= 15 is 0 Å². The Labute approximate surface area is 135 Å². The maximum atomic E-state index is 12.2. The van der Waals surface area contributed by atoms with Crippen molar-refractivity contribution in [3.05, 3.63) is 47.2 Å². The second-order valence-electron chi connectivity index (χ2n) is 6.93. The minimum atomic E-state index is 0.190. The van der Waals surface area contributed by atoms with Gasteiger partial charge in [-0.15, -0.1) is 0 Å². The lowest BCUT2D eigenvalue weighted by atomic mass is 9.78. The van der Waals surface area contributed by atoms with Crippen molar-refractivity contribution in [2.75, 3.05) is 5.73 Å². The summed E-state index contributed by atoms with van der Waals surface area (Å²) in [7, 11) is 0. The van der Waals surface area contributed by atoms with Crippen LogP contribution in [0.3, 0.4) is 0 Å². The van der Waals surface area contributed by atoms with E-state index in [0.717, 1.165) is 31.4 Å². The number of H-pyrrole nitrogens is 1. The summed E-state index contributed by atoms with van der Waals surface area (Å²) >= 11 is 0. The summed E-state index contributed by atoms with van der Waals surface area (Å²) in [6.07, 6.45) is 4.64. The molecule has 1 fully saturated rings. The van der Waals surface area contributed by atoms with E-state index < -0.39 is 0 Å². The molecule has 1 aromatic carbocycles. The summed E-state index contributed by atoms with van der Waals surface area (Å²) in [5.74, 6) is 1.63. The van der Waals surface area contributed by atoms with Crippen LogP contribution in [0.1, 0.15) is 42.0 Å². The summed E-state index contributed by atoms with van der Waals surface area (Å²) in [6, 6.07) is 10.7. The fourth-order valence-corrected chi connectivity index (χ4v) is 3.89. The normalized spacial score (nSPS) is 23.3. The zero-order valence-corrected chi connectivity index (χ0v) is 13.1. The zero-order valence-electron chi connectivity index (χ0n) is 13.1. The number of benzene rings is 1. The molecular weight excluding hydrogens is 288 g/mol. The van der Waals surface area contributed by atoms with E-state index in [9.17, 15) is 4.79 Å². The number of carbonyl (C=O) groups is 1. The number of hydrogen-bond acceptors (Lipinski definition) is 3. The molecule has 0 bridgehead atoms. The van der Waals surface area contributed by atoms with Gasteiger partial charge in [-0.3, -0.25) is 9.89 Å². The van der Waals surface area contributed by atoms with E-state index in [-0.39, 0.29) is 5.91 Å². The zero-order chi connectivity index (χ0) is 15.8. The van der Waals surface area contributed by atoms with Crippen LogP contribution in [-0.4, -0.2) is 22.1 Å². The molecule has 1 saturated carbocycles. The molecule has 1 heterocycles. The van der Waals surface area contributed by atoms with Gasteiger partial charge >= 0.3 is 0 Å². The van der Waals surface area contributed by atoms with Crippen LogP contribution in [-0.2, 0) is 17.6 Å². The number of nitrogens with two attached hydrogens (primary N) is 1. The van der Waals surface area contributed by atoms with Crippen LogP contribution in [0.15, 0.2) is 30.3 Å². The van der Waals surface area contributed by atoms with Crippen molar-refractivity contribution in [1.29, 1.82) is 0 Å². The highest BCUT2D eigenvalue weighted by Gasteiger charge is 2.33. The number of amides is 1. The fraction of sp³-hybridized carbons (Fsp3) is 0.444. The Balaban J connectivity index is 1.23. The lowest BCUT2D eigenvalue weighted by Gasteiger charge is -2.35. The van der Waals surface area contributed by atoms with Crippen LogP contribution < -0.4 is 11.1 Å². The highest BCUT2D eigenvalue weighted by Crippen LogP contribution is 2.36. The Hall–Kier alpha value is -2.30. The molecule has 23 heavy (non-hydrogen) atoms. The third-order valence-corrected chi connectivity index (χ3v) is 5.17. The third-order valence-electron chi connectivity index (χ3n) is 5.17. The monoisotopic (exact) mass is 310 g/mol. The highest BCUT2D eigenvalue weighted by molar-refractivity contribution is 5.77. The number of nitrogen functional groups attached to an aromatic ring is 1. The molecule has 1 amide bonds. The van der Waals surface area contributed by atoms with Crippen molar-refractivity contribution in [2.24, 2.45) is 5.92 Å². The van der Waals surface area contributed by atoms with Gasteiger partial charge in [0.1, 0.15) is 5.82 Å². The van der Waals surface area contributed by atoms with E-state index in [1.165, 1.54) is 11.1 Å². The van der Waals surface area contributed by atoms with E-state index in [2.05, 4.69) is 39.8 Å². The SMILES string of the molecule is Nc1cc(C2CC(NC(=O)CC3Cc4ccccc4C3)C2)[nH]n1. The number of carbonyl (C=O) groups excluding carboxylic acids is 1. The Morgan fingerprint density at radius 1 is 1.26 bits per heavy atom. The predicted molar refractivity (Wildman–Crippen MR) is 88.9 cm³/mol. The van der Waals surface area contributed by atoms with Crippen molar-refractivity contribution in [3.63, 3.8) is 0 Å². The molecule has 0 spiro atoms. The maximum absolute atomic E-state index is 12.2. The first kappa shape index (κ1) is 14.3. The second-order valence-corrected chi connectivity index (χ2v) is 6.93. The predicted octanol–water partition coefficient (Wildman–Crippen LogP) is 2.16. The quantitative estimate of drug-likeness (QED) is 0.809. The van der Waals surface area contributed by atoms with E-state index in [0.29, 0.717) is 30.1 Å². The Bertz CT molecular complexity index is 692. The molecule has 2 aromatic rings. The van der Waals surface area contributed by atoms with Gasteiger partial charge in [0.15, 0.2) is 0 Å². The summed E-state index contributed by atoms with van der Waals surface area (Å²) in [5, 5.41) is 10.1. The average Bonchev–Trinajstić information content (AvgIpc) is 3.07. The van der Waals surface area contributed by atoms with Crippen molar-refractivity contribution in [3.8, 4) is 0 Å². The molecule has 5 nitrogen and oxygen atoms in total. The van der Waals surface area contributed by atoms with E-state index in [1.54, 1.807) is 0 Å². The van der Waals surface area contributed by atoms with Gasteiger partial charge in [-0.25, -0.2) is 0 Å². The second kappa shape index (κ2) is 5.72. The summed E-state index contributed by atoms with van der Waals surface area (Å²) in [4.78, 5) is 12.2. The number of aromatic nitrogens is 2. The van der Waals surface area contributed by atoms with Crippen molar-refractivity contribution in [2.45, 2.75) is 44.1 Å². The van der Waals surface area contributed by atoms with Crippen molar-refractivity contribution in [1.82, 2.24) is 15.5 Å². The molecule has 0 aliphatic heterocycles. The molecule has 0 radical (unpaired) electrons. The summed E-state index contributed by atoms with van der Waals surface area (Å²) < 4.78 is 0. The largest absolute Gasteiger partial charge is 0.382 e. The first-order valence-corrected chi connectivity index (χ1v) is 8.34. The smallest absolute Gasteiger partial charge is 0.220 e. The number of rotatable bonds is 4. The number of hydrogen-bond donors (Lipinski definition) is 3. The van der Waals surface area contributed by atoms with Crippen LogP contribution in [0.2, 0.25) is 0 Å². The van der Waals surface area contributed by atoms with Gasteiger partial charge < -0.3 is 11.1 Å². The average molecular weight is 310 g/mol. The Morgan fingerprint density at radius 3 is 2.57 bits per heavy atom. The number of fused-ring (bicyclic) bond motifs is 1. The molecule has 1 aromatic heterocycles. The Morgan fingerprint density at radius 2 is 1.96 bits per heavy atom. The molecule has 5 heteroatoms. The molecule has 4 N–H and O–H groups in total. The lowest BCUT2D eigenvalue weighted by Crippen LogP contribution is -2.44. The molecular formula is C18H22N4O. The first-order valence-electron chi connectivity index (χ1n) is 8.34. The van der Waals surface area contributed by atoms with Crippen LogP contribution in [0, 0.1) is 5.92 Å². The number of anilines is 1. The first-order chi connectivity index (χ1) is 11.2. The molecule has 0 unspecified atom stereocenters. The fourth-order valence-electron chi connectivity index (χ4n) is 3.89. The minimum Gasteiger partial charge on any atom is -0.382 e. The maximum Gasteiger partial charge on any atom is 0.220 e. The van der Waals surface area contributed by atoms with Crippen LogP contribution in [0.5, 0.6) is 0 Å². The lowest BCUT2D eigenvalue weighted by molar-refractivity contribution is -0.123. The number of aromatic amines is 1. The van der Waals surface area contributed by atoms with Gasteiger partial charge in [0, 0.05) is 30.1 Å². The highest BCUT2D eigenvalue weighted by atomic mass is 16.1. The number of nitrogens with one attached hydrogen (secondary N) is 2. The van der Waals surface area contributed by atoms with E-state index in [1.807, 2.05) is 6.07 Å². The topological polar surface area (TPSA) is 83.8 Å². The van der Waals surface area contributed by atoms with Gasteiger partial charge in [0.2, 0.25) is 5.91 Å². The van der Waals surface area contributed by atoms with Crippen LogP contribution in [0.25, 0.3) is 0 Å². The van der Waals surface area contributed by atoms with Gasteiger partial charge in [-0.2, -0.15) is 5.10 Å². The third kappa shape index (κ3) is 2.96. The molecule has 4 rings (SSSR count). The molecule has 120 valence electrons. The van der Waals surface area contributed by atoms with Crippen molar-refractivity contribution < 1.29 is 4.79 Å². The molecule has 2 aliphatic rings. The molecule has 0 saturated heterocycles. The number of nitrogens with zero attached hydrogens (tertiary/aromatic N) is 1.